The van der Waals surface area contributed by atoms with E-state index in [0.29, 0.717) is 18.6 Å². The van der Waals surface area contributed by atoms with Crippen LogP contribution in [0.15, 0.2) is 40.5 Å². The molecule has 2 aliphatic rings. The molecule has 0 saturated carbocycles. The van der Waals surface area contributed by atoms with E-state index in [-0.39, 0.29) is 23.1 Å². The van der Waals surface area contributed by atoms with E-state index in [4.69, 9.17) is 9.73 Å². The lowest BCUT2D eigenvalue weighted by Gasteiger charge is -2.39. The lowest BCUT2D eigenvalue weighted by molar-refractivity contribution is -0.145. The van der Waals surface area contributed by atoms with Crippen molar-refractivity contribution in [3.63, 3.8) is 0 Å². The Morgan fingerprint density at radius 3 is 2.52 bits per heavy atom. The number of esters is 1. The average molecular weight is 443 g/mol. The third kappa shape index (κ3) is 5.22. The van der Waals surface area contributed by atoms with Gasteiger partial charge in [0.05, 0.1) is 0 Å². The van der Waals surface area contributed by atoms with Gasteiger partial charge in [-0.25, -0.2) is 0 Å². The van der Waals surface area contributed by atoms with Crippen LogP contribution in [0, 0.1) is 11.3 Å². The van der Waals surface area contributed by atoms with E-state index in [9.17, 15) is 9.59 Å². The summed E-state index contributed by atoms with van der Waals surface area (Å²) < 4.78 is 5.64. The highest BCUT2D eigenvalue weighted by Gasteiger charge is 2.46. The molecule has 1 heterocycles. The quantitative estimate of drug-likeness (QED) is 0.446. The predicted molar refractivity (Wildman–Crippen MR) is 129 cm³/mol. The van der Waals surface area contributed by atoms with Crippen molar-refractivity contribution in [3.05, 3.63) is 41.1 Å². The first-order valence-electron chi connectivity index (χ1n) is 11.0. The lowest BCUT2D eigenvalue weighted by atomic mass is 9.67. The summed E-state index contributed by atoms with van der Waals surface area (Å²) in [5.41, 5.74) is 4.19. The van der Waals surface area contributed by atoms with Crippen LogP contribution in [-0.4, -0.2) is 49.7 Å². The van der Waals surface area contributed by atoms with Crippen molar-refractivity contribution in [3.8, 4) is 0 Å². The molecule has 0 bridgehead atoms. The van der Waals surface area contributed by atoms with Crippen LogP contribution in [0.2, 0.25) is 0 Å². The Kier molecular flexibility index (Phi) is 7.30. The van der Waals surface area contributed by atoms with Gasteiger partial charge in [0.15, 0.2) is 5.78 Å². The molecule has 0 aromatic heterocycles. The molecule has 1 unspecified atom stereocenters. The van der Waals surface area contributed by atoms with E-state index in [2.05, 4.69) is 20.8 Å². The molecule has 0 saturated heterocycles. The number of rotatable bonds is 7. The van der Waals surface area contributed by atoms with Gasteiger partial charge in [0, 0.05) is 54.9 Å². The van der Waals surface area contributed by atoms with Crippen molar-refractivity contribution in [1.29, 1.82) is 0 Å². The number of carbonyl (C=O) groups is 2. The molecule has 168 valence electrons. The topological polar surface area (TPSA) is 59.0 Å². The molecular weight excluding hydrogens is 408 g/mol. The summed E-state index contributed by atoms with van der Waals surface area (Å²) >= 11 is 1.74. The van der Waals surface area contributed by atoms with Gasteiger partial charge in [0.1, 0.15) is 12.5 Å². The molecule has 5 nitrogen and oxygen atoms in total. The van der Waals surface area contributed by atoms with Crippen LogP contribution in [0.25, 0.3) is 0 Å². The van der Waals surface area contributed by atoms with Gasteiger partial charge in [-0.2, -0.15) is 11.8 Å². The molecule has 31 heavy (non-hydrogen) atoms. The maximum absolute atomic E-state index is 13.3. The molecule has 0 fully saturated rings. The van der Waals surface area contributed by atoms with Crippen molar-refractivity contribution >= 4 is 34.9 Å². The maximum atomic E-state index is 13.3. The predicted octanol–water partition coefficient (Wildman–Crippen LogP) is 4.87. The first-order valence-corrected chi connectivity index (χ1v) is 12.1. The Labute approximate surface area is 190 Å². The van der Waals surface area contributed by atoms with Crippen molar-refractivity contribution in [2.45, 2.75) is 46.5 Å². The van der Waals surface area contributed by atoms with Crippen LogP contribution in [0.3, 0.4) is 0 Å². The third-order valence-corrected chi connectivity index (χ3v) is 6.86. The van der Waals surface area contributed by atoms with Gasteiger partial charge >= 0.3 is 5.97 Å². The summed E-state index contributed by atoms with van der Waals surface area (Å²) in [6.07, 6.45) is 1.22. The first-order chi connectivity index (χ1) is 14.6. The standard InChI is InChI=1S/C25H34N2O3S/c1-7-31-13-12-30-24(29)21-16(2)26-19-14-25(3,4)15-20(28)23(19)22(21)17-8-10-18(11-9-17)27(5)6/h8-11,21-22H,7,12-15H2,1-6H3/t21?,22-/m0/s1. The van der Waals surface area contributed by atoms with E-state index in [1.54, 1.807) is 11.8 Å². The maximum Gasteiger partial charge on any atom is 0.315 e. The zero-order valence-corrected chi connectivity index (χ0v) is 20.3. The van der Waals surface area contributed by atoms with Gasteiger partial charge in [-0.15, -0.1) is 0 Å². The minimum absolute atomic E-state index is 0.100. The fraction of sp³-hybridized carbons (Fsp3) is 0.560. The third-order valence-electron chi connectivity index (χ3n) is 6.00. The normalized spacial score (nSPS) is 22.6. The highest BCUT2D eigenvalue weighted by Crippen LogP contribution is 2.48. The summed E-state index contributed by atoms with van der Waals surface area (Å²) in [5.74, 6) is 0.656. The molecule has 1 aromatic carbocycles. The molecule has 2 atom stereocenters. The Bertz CT molecular complexity index is 900. The molecule has 0 spiro atoms. The SMILES string of the molecule is CCSCCOC(=O)C1C(C)=NC2=C(C(=O)CC(C)(C)C2)[C@H]1c1ccc(N(C)C)cc1. The van der Waals surface area contributed by atoms with Gasteiger partial charge in [0.2, 0.25) is 0 Å². The van der Waals surface area contributed by atoms with Crippen LogP contribution < -0.4 is 4.90 Å². The number of hydrogen-bond acceptors (Lipinski definition) is 6. The number of carbonyl (C=O) groups excluding carboxylic acids is 2. The summed E-state index contributed by atoms with van der Waals surface area (Å²) in [5, 5.41) is 0. The molecule has 6 heteroatoms. The van der Waals surface area contributed by atoms with Crippen molar-refractivity contribution in [1.82, 2.24) is 0 Å². The van der Waals surface area contributed by atoms with E-state index in [0.717, 1.165) is 40.6 Å². The number of benzene rings is 1. The zero-order chi connectivity index (χ0) is 22.8. The molecule has 0 N–H and O–H groups in total. The van der Waals surface area contributed by atoms with E-state index < -0.39 is 5.92 Å². The summed E-state index contributed by atoms with van der Waals surface area (Å²) in [4.78, 5) is 33.3. The van der Waals surface area contributed by atoms with Crippen molar-refractivity contribution in [2.75, 3.05) is 37.1 Å². The molecule has 1 aliphatic heterocycles. The Morgan fingerprint density at radius 2 is 1.90 bits per heavy atom. The molecule has 0 radical (unpaired) electrons. The Morgan fingerprint density at radius 1 is 1.23 bits per heavy atom. The summed E-state index contributed by atoms with van der Waals surface area (Å²) in [6, 6.07) is 8.13. The smallest absolute Gasteiger partial charge is 0.315 e. The van der Waals surface area contributed by atoms with Crippen molar-refractivity contribution < 1.29 is 14.3 Å². The van der Waals surface area contributed by atoms with Crippen LogP contribution in [-0.2, 0) is 14.3 Å². The number of allylic oxidation sites excluding steroid dienone is 2. The fourth-order valence-corrected chi connectivity index (χ4v) is 5.02. The largest absolute Gasteiger partial charge is 0.464 e. The van der Waals surface area contributed by atoms with Crippen LogP contribution in [0.1, 0.15) is 52.0 Å². The van der Waals surface area contributed by atoms with Crippen LogP contribution >= 0.6 is 11.8 Å². The molecular formula is C25H34N2O3S. The molecule has 0 amide bonds. The zero-order valence-electron chi connectivity index (χ0n) is 19.5. The van der Waals surface area contributed by atoms with E-state index in [1.165, 1.54) is 0 Å². The molecule has 1 aromatic rings. The highest BCUT2D eigenvalue weighted by molar-refractivity contribution is 7.99. The number of thioether (sulfide) groups is 1. The second-order valence-electron chi connectivity index (χ2n) is 9.36. The first kappa shape index (κ1) is 23.6. The van der Waals surface area contributed by atoms with Gasteiger partial charge in [-0.1, -0.05) is 32.9 Å². The van der Waals surface area contributed by atoms with Crippen LogP contribution in [0.4, 0.5) is 5.69 Å². The lowest BCUT2D eigenvalue weighted by Crippen LogP contribution is -2.39. The second kappa shape index (κ2) is 9.60. The highest BCUT2D eigenvalue weighted by atomic mass is 32.2. The number of hydrogen-bond donors (Lipinski definition) is 0. The summed E-state index contributed by atoms with van der Waals surface area (Å²) in [7, 11) is 3.99. The van der Waals surface area contributed by atoms with Crippen molar-refractivity contribution in [2.24, 2.45) is 16.3 Å². The molecule has 3 rings (SSSR count). The van der Waals surface area contributed by atoms with E-state index >= 15 is 0 Å². The Balaban J connectivity index is 2.02. The second-order valence-corrected chi connectivity index (χ2v) is 10.8. The number of aliphatic imine (C=N–C) groups is 1. The van der Waals surface area contributed by atoms with Crippen LogP contribution in [0.5, 0.6) is 0 Å². The number of nitrogens with zero attached hydrogens (tertiary/aromatic N) is 2. The number of anilines is 1. The van der Waals surface area contributed by atoms with E-state index in [1.807, 2.05) is 50.2 Å². The summed E-state index contributed by atoms with van der Waals surface area (Å²) in [6.45, 7) is 8.56. The average Bonchev–Trinajstić information content (AvgIpc) is 2.69. The minimum atomic E-state index is -0.569. The Hall–Kier alpha value is -2.08. The van der Waals surface area contributed by atoms with Gasteiger partial charge < -0.3 is 9.64 Å². The number of Topliss-reactive ketones (excluding diaryl/α,β-unsaturated/α-hetero) is 1. The van der Waals surface area contributed by atoms with Gasteiger partial charge in [-0.05, 0) is 42.2 Å². The number of ketones is 1. The van der Waals surface area contributed by atoms with Gasteiger partial charge in [0.25, 0.3) is 0 Å². The number of ether oxygens (including phenoxy) is 1. The minimum Gasteiger partial charge on any atom is -0.464 e. The molecule has 1 aliphatic carbocycles. The fourth-order valence-electron chi connectivity index (χ4n) is 4.53. The van der Waals surface area contributed by atoms with Gasteiger partial charge in [-0.3, -0.25) is 14.6 Å². The monoisotopic (exact) mass is 442 g/mol.